The van der Waals surface area contributed by atoms with Gasteiger partial charge >= 0.3 is 34.3 Å². The molecule has 0 amide bonds. The molecule has 0 saturated heterocycles. The molecule has 5 N–H and O–H groups in total. The fourth-order valence-electron chi connectivity index (χ4n) is 1.74. The molecule has 1 atom stereocenters. The van der Waals surface area contributed by atoms with Crippen LogP contribution in [0.3, 0.4) is 0 Å². The highest BCUT2D eigenvalue weighted by Crippen LogP contribution is 2.08. The maximum atomic E-state index is 10.9. The van der Waals surface area contributed by atoms with E-state index in [2.05, 4.69) is 4.18 Å². The highest BCUT2D eigenvalue weighted by molar-refractivity contribution is 7.80. The van der Waals surface area contributed by atoms with Crippen LogP contribution in [0.15, 0.2) is 0 Å². The molecule has 0 bridgehead atoms. The van der Waals surface area contributed by atoms with E-state index in [0.29, 0.717) is 9.80 Å². The lowest BCUT2D eigenvalue weighted by atomic mass is 10.3. The molecule has 0 aliphatic heterocycles. The third-order valence-corrected chi connectivity index (χ3v) is 2.91. The van der Waals surface area contributed by atoms with Gasteiger partial charge < -0.3 is 20.4 Å². The van der Waals surface area contributed by atoms with E-state index in [1.54, 1.807) is 0 Å². The van der Waals surface area contributed by atoms with E-state index in [-0.39, 0.29) is 0 Å². The summed E-state index contributed by atoms with van der Waals surface area (Å²) in [6.45, 7) is -4.71. The van der Waals surface area contributed by atoms with Crippen molar-refractivity contribution in [3.05, 3.63) is 0 Å². The molecule has 0 aromatic carbocycles. The first kappa shape index (κ1) is 22.7. The molecule has 15 heteroatoms. The molecule has 0 aromatic heterocycles. The summed E-state index contributed by atoms with van der Waals surface area (Å²) in [5.74, 6) is -6.13. The molecule has 0 aliphatic carbocycles. The number of rotatable bonds is 13. The van der Waals surface area contributed by atoms with Crippen molar-refractivity contribution in [3.8, 4) is 0 Å². The molecule has 1 unspecified atom stereocenters. The van der Waals surface area contributed by atoms with E-state index in [4.69, 9.17) is 25.0 Å². The summed E-state index contributed by atoms with van der Waals surface area (Å²) in [5.41, 5.74) is 0. The van der Waals surface area contributed by atoms with Crippen molar-refractivity contribution in [2.24, 2.45) is 0 Å². The van der Waals surface area contributed by atoms with Gasteiger partial charge in [0.1, 0.15) is 6.23 Å². The Bertz CT molecular complexity index is 585. The summed E-state index contributed by atoms with van der Waals surface area (Å²) >= 11 is 0. The number of carboxylic acids is 4. The predicted molar refractivity (Wildman–Crippen MR) is 75.0 cm³/mol. The van der Waals surface area contributed by atoms with Crippen molar-refractivity contribution in [2.75, 3.05) is 32.7 Å². The summed E-state index contributed by atoms with van der Waals surface area (Å²) in [5, 5.41) is 35.0. The molecule has 0 aromatic rings. The fraction of sp³-hybridized carbons (Fsp3) is 0.600. The molecule has 0 rings (SSSR count). The third-order valence-electron chi connectivity index (χ3n) is 2.45. The Morgan fingerprint density at radius 1 is 0.800 bits per heavy atom. The standard InChI is InChI=1S/C10H16N2O12S/c13-7(14)2-11(3-8(15)16)1-6(24-25(21,22)23)12(4-9(17)18)5-10(19)20/h6H,1-5H2,(H,13,14)(H,15,16)(H,17,18)(H,19,20)(H,21,22,23). The molecule has 144 valence electrons. The highest BCUT2D eigenvalue weighted by Gasteiger charge is 2.31. The van der Waals surface area contributed by atoms with Crippen LogP contribution in [0.25, 0.3) is 0 Å². The molecule has 25 heavy (non-hydrogen) atoms. The quantitative estimate of drug-likeness (QED) is 0.157. The largest absolute Gasteiger partial charge is 0.480 e. The average molecular weight is 388 g/mol. The summed E-state index contributed by atoms with van der Waals surface area (Å²) < 4.78 is 34.8. The Balaban J connectivity index is 5.58. The van der Waals surface area contributed by atoms with Gasteiger partial charge in [-0.2, -0.15) is 8.42 Å². The van der Waals surface area contributed by atoms with Gasteiger partial charge in [-0.05, 0) is 0 Å². The van der Waals surface area contributed by atoms with E-state index in [0.717, 1.165) is 0 Å². The van der Waals surface area contributed by atoms with Gasteiger partial charge in [-0.1, -0.05) is 0 Å². The first-order valence-electron chi connectivity index (χ1n) is 6.29. The maximum Gasteiger partial charge on any atom is 0.398 e. The Labute approximate surface area is 140 Å². The predicted octanol–water partition coefficient (Wildman–Crippen LogP) is -2.93. The smallest absolute Gasteiger partial charge is 0.398 e. The molecular formula is C10H16N2O12S. The molecule has 0 aliphatic rings. The number of carbonyl (C=O) groups is 4. The minimum atomic E-state index is -5.19. The molecule has 14 nitrogen and oxygen atoms in total. The Morgan fingerprint density at radius 2 is 1.16 bits per heavy atom. The SMILES string of the molecule is O=C(O)CN(CC(=O)O)CC(OS(=O)(=O)O)N(CC(=O)O)CC(=O)O. The second-order valence-corrected chi connectivity index (χ2v) is 5.68. The second kappa shape index (κ2) is 9.84. The molecule has 0 heterocycles. The summed E-state index contributed by atoms with van der Waals surface area (Å²) in [6.07, 6.45) is -1.97. The molecule has 0 radical (unpaired) electrons. The Morgan fingerprint density at radius 3 is 1.44 bits per heavy atom. The van der Waals surface area contributed by atoms with Crippen LogP contribution in [0.4, 0.5) is 0 Å². The average Bonchev–Trinajstić information content (AvgIpc) is 2.32. The van der Waals surface area contributed by atoms with Crippen molar-refractivity contribution in [1.82, 2.24) is 9.80 Å². The highest BCUT2D eigenvalue weighted by atomic mass is 32.3. The van der Waals surface area contributed by atoms with Crippen LogP contribution < -0.4 is 0 Å². The number of aliphatic carboxylic acids is 4. The minimum absolute atomic E-state index is 0.454. The monoisotopic (exact) mass is 388 g/mol. The van der Waals surface area contributed by atoms with E-state index in [1.807, 2.05) is 0 Å². The van der Waals surface area contributed by atoms with Crippen molar-refractivity contribution < 1.29 is 56.8 Å². The van der Waals surface area contributed by atoms with Gasteiger partial charge in [-0.15, -0.1) is 0 Å². The van der Waals surface area contributed by atoms with Gasteiger partial charge in [0.15, 0.2) is 0 Å². The third kappa shape index (κ3) is 11.8. The summed E-state index contributed by atoms with van der Waals surface area (Å²) in [4.78, 5) is 44.2. The molecule has 0 fully saturated rings. The van der Waals surface area contributed by atoms with Gasteiger partial charge in [-0.25, -0.2) is 4.18 Å². The van der Waals surface area contributed by atoms with E-state index < -0.39 is 73.2 Å². The second-order valence-electron chi connectivity index (χ2n) is 4.63. The van der Waals surface area contributed by atoms with Gasteiger partial charge in [0, 0.05) is 6.54 Å². The molecule has 0 spiro atoms. The van der Waals surface area contributed by atoms with Crippen LogP contribution in [-0.4, -0.2) is 106 Å². The summed E-state index contributed by atoms with van der Waals surface area (Å²) in [6, 6.07) is 0. The van der Waals surface area contributed by atoms with Crippen LogP contribution in [0.5, 0.6) is 0 Å². The molecular weight excluding hydrogens is 372 g/mol. The lowest BCUT2D eigenvalue weighted by molar-refractivity contribution is -0.150. The van der Waals surface area contributed by atoms with Gasteiger partial charge in [-0.3, -0.25) is 33.5 Å². The number of carboxylic acid groups (broad SMARTS) is 4. The maximum absolute atomic E-state index is 10.9. The fourth-order valence-corrected chi connectivity index (χ4v) is 2.21. The van der Waals surface area contributed by atoms with Crippen molar-refractivity contribution in [3.63, 3.8) is 0 Å². The van der Waals surface area contributed by atoms with Crippen molar-refractivity contribution in [2.45, 2.75) is 6.23 Å². The lowest BCUT2D eigenvalue weighted by Gasteiger charge is -2.31. The number of hydrogen-bond donors (Lipinski definition) is 5. The van der Waals surface area contributed by atoms with E-state index in [9.17, 15) is 27.6 Å². The van der Waals surface area contributed by atoms with Gasteiger partial charge in [0.2, 0.25) is 0 Å². The van der Waals surface area contributed by atoms with Crippen LogP contribution in [0.2, 0.25) is 0 Å². The molecule has 0 saturated carbocycles. The first-order chi connectivity index (χ1) is 11.3. The zero-order valence-corrected chi connectivity index (χ0v) is 13.3. The van der Waals surface area contributed by atoms with Crippen molar-refractivity contribution >= 4 is 34.3 Å². The number of nitrogens with zero attached hydrogens (tertiary/aromatic N) is 2. The Kier molecular flexibility index (Phi) is 8.93. The normalized spacial score (nSPS) is 12.9. The van der Waals surface area contributed by atoms with Crippen LogP contribution in [-0.2, 0) is 33.8 Å². The topological polar surface area (TPSA) is 219 Å². The van der Waals surface area contributed by atoms with Gasteiger partial charge in [0.05, 0.1) is 26.2 Å². The van der Waals surface area contributed by atoms with Crippen LogP contribution in [0, 0.1) is 0 Å². The van der Waals surface area contributed by atoms with E-state index in [1.165, 1.54) is 0 Å². The van der Waals surface area contributed by atoms with Crippen molar-refractivity contribution in [1.29, 1.82) is 0 Å². The number of hydrogen-bond acceptors (Lipinski definition) is 9. The van der Waals surface area contributed by atoms with Crippen LogP contribution >= 0.6 is 0 Å². The zero-order chi connectivity index (χ0) is 19.8. The zero-order valence-electron chi connectivity index (χ0n) is 12.5. The Hall–Kier alpha value is -2.33. The first-order valence-corrected chi connectivity index (χ1v) is 7.66. The minimum Gasteiger partial charge on any atom is -0.480 e. The van der Waals surface area contributed by atoms with E-state index >= 15 is 0 Å². The van der Waals surface area contributed by atoms with Gasteiger partial charge in [0.25, 0.3) is 0 Å². The van der Waals surface area contributed by atoms with Crippen LogP contribution in [0.1, 0.15) is 0 Å². The lowest BCUT2D eigenvalue weighted by Crippen LogP contribution is -2.51. The summed E-state index contributed by atoms with van der Waals surface area (Å²) in [7, 11) is -5.19.